The highest BCUT2D eigenvalue weighted by atomic mass is 79.9. The molecular formula is C7H4BrF2N3. The number of alkyl halides is 2. The number of halogens is 3. The number of nitrogens with two attached hydrogens (primary N) is 1. The fourth-order valence-corrected chi connectivity index (χ4v) is 1.36. The molecule has 0 unspecified atom stereocenters. The Hall–Kier alpha value is -1.22. The van der Waals surface area contributed by atoms with Gasteiger partial charge in [-0.15, -0.1) is 0 Å². The van der Waals surface area contributed by atoms with Crippen LogP contribution >= 0.6 is 15.9 Å². The van der Waals surface area contributed by atoms with Crippen molar-refractivity contribution < 1.29 is 8.78 Å². The van der Waals surface area contributed by atoms with Gasteiger partial charge in [-0.3, -0.25) is 0 Å². The Morgan fingerprint density at radius 1 is 1.62 bits per heavy atom. The third-order valence-corrected chi connectivity index (χ3v) is 1.95. The van der Waals surface area contributed by atoms with Gasteiger partial charge in [-0.2, -0.15) is 5.26 Å². The van der Waals surface area contributed by atoms with Crippen molar-refractivity contribution in [1.29, 1.82) is 5.26 Å². The van der Waals surface area contributed by atoms with Gasteiger partial charge in [0.05, 0.1) is 5.56 Å². The minimum Gasteiger partial charge on any atom is -0.384 e. The zero-order chi connectivity index (χ0) is 10.0. The number of anilines is 1. The molecule has 2 N–H and O–H groups in total. The lowest BCUT2D eigenvalue weighted by Crippen LogP contribution is -1.99. The van der Waals surface area contributed by atoms with Gasteiger partial charge in [0.25, 0.3) is 6.43 Å². The second-order valence-electron chi connectivity index (χ2n) is 2.21. The number of hydrogen-bond acceptors (Lipinski definition) is 3. The third-order valence-electron chi connectivity index (χ3n) is 1.37. The summed E-state index contributed by atoms with van der Waals surface area (Å²) in [5.74, 6) is -0.0406. The van der Waals surface area contributed by atoms with Crippen LogP contribution in [0, 0.1) is 11.3 Å². The van der Waals surface area contributed by atoms with Crippen LogP contribution < -0.4 is 5.73 Å². The quantitative estimate of drug-likeness (QED) is 0.775. The molecule has 0 fully saturated rings. The van der Waals surface area contributed by atoms with Crippen LogP contribution in [0.3, 0.4) is 0 Å². The first-order chi connectivity index (χ1) is 6.06. The van der Waals surface area contributed by atoms with Crippen LogP contribution in [0.2, 0.25) is 0 Å². The van der Waals surface area contributed by atoms with Gasteiger partial charge in [0.15, 0.2) is 0 Å². The Bertz CT molecular complexity index is 373. The Morgan fingerprint density at radius 2 is 2.23 bits per heavy atom. The molecule has 3 nitrogen and oxygen atoms in total. The topological polar surface area (TPSA) is 62.7 Å². The predicted octanol–water partition coefficient (Wildman–Crippen LogP) is 2.24. The van der Waals surface area contributed by atoms with E-state index in [2.05, 4.69) is 20.9 Å². The van der Waals surface area contributed by atoms with Crippen LogP contribution in [0.15, 0.2) is 10.7 Å². The summed E-state index contributed by atoms with van der Waals surface area (Å²) in [7, 11) is 0. The fourth-order valence-electron chi connectivity index (χ4n) is 0.835. The average molecular weight is 248 g/mol. The predicted molar refractivity (Wildman–Crippen MR) is 46.0 cm³/mol. The molecule has 68 valence electrons. The zero-order valence-electron chi connectivity index (χ0n) is 6.26. The van der Waals surface area contributed by atoms with Gasteiger partial charge < -0.3 is 5.73 Å². The molecule has 0 aliphatic carbocycles. The van der Waals surface area contributed by atoms with Crippen molar-refractivity contribution in [2.75, 3.05) is 5.73 Å². The van der Waals surface area contributed by atoms with E-state index in [-0.39, 0.29) is 16.0 Å². The minimum absolute atomic E-state index is 0.0406. The highest BCUT2D eigenvalue weighted by Gasteiger charge is 2.17. The van der Waals surface area contributed by atoms with Crippen LogP contribution in [0.5, 0.6) is 0 Å². The number of aromatic nitrogens is 1. The normalized spacial score (nSPS) is 10.1. The zero-order valence-corrected chi connectivity index (χ0v) is 7.85. The summed E-state index contributed by atoms with van der Waals surface area (Å²) >= 11 is 2.88. The van der Waals surface area contributed by atoms with E-state index in [1.807, 2.05) is 0 Å². The minimum atomic E-state index is -2.73. The number of rotatable bonds is 1. The van der Waals surface area contributed by atoms with E-state index in [1.165, 1.54) is 0 Å². The van der Waals surface area contributed by atoms with E-state index < -0.39 is 12.0 Å². The fraction of sp³-hybridized carbons (Fsp3) is 0.143. The standard InChI is InChI=1S/C7H4BrF2N3/c8-6-4(2-11)3(7(9)10)1-5(12)13-6/h1,7H,(H2,12,13). The van der Waals surface area contributed by atoms with Crippen molar-refractivity contribution in [3.05, 3.63) is 21.8 Å². The van der Waals surface area contributed by atoms with E-state index in [4.69, 9.17) is 11.0 Å². The molecule has 0 amide bonds. The molecule has 6 heteroatoms. The number of hydrogen-bond donors (Lipinski definition) is 1. The molecule has 0 saturated carbocycles. The van der Waals surface area contributed by atoms with E-state index in [9.17, 15) is 8.78 Å². The van der Waals surface area contributed by atoms with Crippen molar-refractivity contribution in [2.24, 2.45) is 0 Å². The van der Waals surface area contributed by atoms with E-state index in [0.29, 0.717) is 0 Å². The SMILES string of the molecule is N#Cc1c(C(F)F)cc(N)nc1Br. The molecule has 0 aliphatic heterocycles. The van der Waals surface area contributed by atoms with Crippen LogP contribution in [0.4, 0.5) is 14.6 Å². The Labute approximate surface area is 81.3 Å². The maximum Gasteiger partial charge on any atom is 0.265 e. The first-order valence-electron chi connectivity index (χ1n) is 3.20. The lowest BCUT2D eigenvalue weighted by Gasteiger charge is -2.04. The number of pyridine rings is 1. The first kappa shape index (κ1) is 9.86. The smallest absolute Gasteiger partial charge is 0.265 e. The Balaban J connectivity index is 3.41. The van der Waals surface area contributed by atoms with Crippen molar-refractivity contribution in [1.82, 2.24) is 4.98 Å². The summed E-state index contributed by atoms with van der Waals surface area (Å²) in [6.45, 7) is 0. The summed E-state index contributed by atoms with van der Waals surface area (Å²) < 4.78 is 24.7. The first-order valence-corrected chi connectivity index (χ1v) is 3.99. The molecule has 1 aromatic rings. The van der Waals surface area contributed by atoms with Gasteiger partial charge in [-0.25, -0.2) is 13.8 Å². The van der Waals surface area contributed by atoms with E-state index in [1.54, 1.807) is 6.07 Å². The van der Waals surface area contributed by atoms with Gasteiger partial charge in [-0.1, -0.05) is 0 Å². The van der Waals surface area contributed by atoms with E-state index in [0.717, 1.165) is 6.07 Å². The van der Waals surface area contributed by atoms with Gasteiger partial charge in [-0.05, 0) is 22.0 Å². The van der Waals surface area contributed by atoms with Crippen molar-refractivity contribution in [2.45, 2.75) is 6.43 Å². The van der Waals surface area contributed by atoms with E-state index >= 15 is 0 Å². The average Bonchev–Trinajstić information content (AvgIpc) is 2.02. The lowest BCUT2D eigenvalue weighted by molar-refractivity contribution is 0.151. The molecule has 0 aromatic carbocycles. The third kappa shape index (κ3) is 1.92. The molecule has 0 radical (unpaired) electrons. The second kappa shape index (κ2) is 3.66. The molecule has 0 spiro atoms. The number of nitrogens with zero attached hydrogens (tertiary/aromatic N) is 2. The van der Waals surface area contributed by atoms with Gasteiger partial charge >= 0.3 is 0 Å². The van der Waals surface area contributed by atoms with Crippen LogP contribution in [-0.2, 0) is 0 Å². The molecule has 0 aliphatic rings. The highest BCUT2D eigenvalue weighted by Crippen LogP contribution is 2.28. The largest absolute Gasteiger partial charge is 0.384 e. The Morgan fingerprint density at radius 3 is 2.69 bits per heavy atom. The van der Waals surface area contributed by atoms with Gasteiger partial charge in [0, 0.05) is 5.56 Å². The van der Waals surface area contributed by atoms with Crippen LogP contribution in [-0.4, -0.2) is 4.98 Å². The molecule has 1 aromatic heterocycles. The van der Waals surface area contributed by atoms with Crippen molar-refractivity contribution in [3.8, 4) is 6.07 Å². The monoisotopic (exact) mass is 247 g/mol. The highest BCUT2D eigenvalue weighted by molar-refractivity contribution is 9.10. The Kier molecular flexibility index (Phi) is 2.78. The van der Waals surface area contributed by atoms with Gasteiger partial charge in [0.1, 0.15) is 16.5 Å². The molecule has 0 bridgehead atoms. The number of nitrogen functional groups attached to an aromatic ring is 1. The summed E-state index contributed by atoms with van der Waals surface area (Å²) in [5.41, 5.74) is 4.66. The summed E-state index contributed by atoms with van der Waals surface area (Å²) in [6.07, 6.45) is -2.73. The molecular weight excluding hydrogens is 244 g/mol. The summed E-state index contributed by atoms with van der Waals surface area (Å²) in [4.78, 5) is 3.63. The molecule has 0 atom stereocenters. The van der Waals surface area contributed by atoms with Crippen LogP contribution in [0.1, 0.15) is 17.6 Å². The lowest BCUT2D eigenvalue weighted by atomic mass is 10.1. The van der Waals surface area contributed by atoms with Crippen LogP contribution in [0.25, 0.3) is 0 Å². The maximum atomic E-state index is 12.3. The summed E-state index contributed by atoms with van der Waals surface area (Å²) in [5, 5.41) is 8.54. The molecule has 1 heterocycles. The second-order valence-corrected chi connectivity index (χ2v) is 2.97. The summed E-state index contributed by atoms with van der Waals surface area (Å²) in [6, 6.07) is 2.62. The van der Waals surface area contributed by atoms with Crippen molar-refractivity contribution in [3.63, 3.8) is 0 Å². The van der Waals surface area contributed by atoms with Gasteiger partial charge in [0.2, 0.25) is 0 Å². The molecule has 13 heavy (non-hydrogen) atoms. The maximum absolute atomic E-state index is 12.3. The molecule has 1 rings (SSSR count). The molecule has 0 saturated heterocycles. The number of nitriles is 1. The van der Waals surface area contributed by atoms with Crippen molar-refractivity contribution >= 4 is 21.7 Å².